The quantitative estimate of drug-likeness (QED) is 0.755. The summed E-state index contributed by atoms with van der Waals surface area (Å²) in [5.41, 5.74) is 0.619. The topological polar surface area (TPSA) is 80.7 Å². The Kier molecular flexibility index (Phi) is 7.40. The van der Waals surface area contributed by atoms with Crippen LogP contribution in [0.4, 0.5) is 5.69 Å². The zero-order valence-electron chi connectivity index (χ0n) is 15.1. The van der Waals surface area contributed by atoms with Gasteiger partial charge in [0.05, 0.1) is 11.9 Å². The Hall–Kier alpha value is -1.92. The van der Waals surface area contributed by atoms with Gasteiger partial charge in [-0.25, -0.2) is 0 Å². The van der Waals surface area contributed by atoms with Crippen LogP contribution in [0.2, 0.25) is 0 Å². The van der Waals surface area contributed by atoms with Gasteiger partial charge in [-0.05, 0) is 49.8 Å². The summed E-state index contributed by atoms with van der Waals surface area (Å²) >= 11 is 0. The molecule has 1 aromatic heterocycles. The SMILES string of the molecule is CCO[C@H]1OC(C(=O)Nc2cccnc2)=C[C@@H](C(C)C)[C@@H]1CCCO. The summed E-state index contributed by atoms with van der Waals surface area (Å²) in [7, 11) is 0. The van der Waals surface area contributed by atoms with Crippen molar-refractivity contribution in [3.63, 3.8) is 0 Å². The zero-order chi connectivity index (χ0) is 18.2. The highest BCUT2D eigenvalue weighted by Gasteiger charge is 2.38. The summed E-state index contributed by atoms with van der Waals surface area (Å²) in [6.45, 7) is 6.79. The normalized spacial score (nSPS) is 23.1. The summed E-state index contributed by atoms with van der Waals surface area (Å²) in [4.78, 5) is 16.6. The van der Waals surface area contributed by atoms with Crippen LogP contribution in [0.3, 0.4) is 0 Å². The van der Waals surface area contributed by atoms with Crippen molar-refractivity contribution < 1.29 is 19.4 Å². The monoisotopic (exact) mass is 348 g/mol. The molecular weight excluding hydrogens is 320 g/mol. The minimum Gasteiger partial charge on any atom is -0.459 e. The average molecular weight is 348 g/mol. The van der Waals surface area contributed by atoms with E-state index in [0.717, 1.165) is 6.42 Å². The number of anilines is 1. The van der Waals surface area contributed by atoms with Crippen LogP contribution in [-0.2, 0) is 14.3 Å². The number of aromatic nitrogens is 1. The molecule has 1 aliphatic rings. The van der Waals surface area contributed by atoms with Gasteiger partial charge in [0.15, 0.2) is 5.76 Å². The molecule has 0 aliphatic carbocycles. The van der Waals surface area contributed by atoms with Crippen molar-refractivity contribution >= 4 is 11.6 Å². The molecular formula is C19H28N2O4. The van der Waals surface area contributed by atoms with Crippen molar-refractivity contribution in [1.29, 1.82) is 0 Å². The number of nitrogens with one attached hydrogen (secondary N) is 1. The lowest BCUT2D eigenvalue weighted by molar-refractivity contribution is -0.173. The number of allylic oxidation sites excluding steroid dienone is 1. The van der Waals surface area contributed by atoms with Gasteiger partial charge in [0.1, 0.15) is 0 Å². The molecule has 2 N–H and O–H groups in total. The van der Waals surface area contributed by atoms with Crippen LogP contribution in [0.25, 0.3) is 0 Å². The van der Waals surface area contributed by atoms with E-state index in [4.69, 9.17) is 9.47 Å². The van der Waals surface area contributed by atoms with Gasteiger partial charge in [-0.15, -0.1) is 0 Å². The van der Waals surface area contributed by atoms with Gasteiger partial charge in [0.2, 0.25) is 6.29 Å². The van der Waals surface area contributed by atoms with Crippen molar-refractivity contribution in [2.75, 3.05) is 18.5 Å². The number of ether oxygens (including phenoxy) is 2. The van der Waals surface area contributed by atoms with E-state index in [1.165, 1.54) is 0 Å². The summed E-state index contributed by atoms with van der Waals surface area (Å²) < 4.78 is 11.6. The summed E-state index contributed by atoms with van der Waals surface area (Å²) in [6, 6.07) is 3.54. The molecule has 6 heteroatoms. The van der Waals surface area contributed by atoms with Crippen molar-refractivity contribution in [1.82, 2.24) is 4.98 Å². The highest BCUT2D eigenvalue weighted by molar-refractivity contribution is 6.02. The number of hydrogen-bond acceptors (Lipinski definition) is 5. The molecule has 0 spiro atoms. The Labute approximate surface area is 149 Å². The first-order valence-corrected chi connectivity index (χ1v) is 8.89. The van der Waals surface area contributed by atoms with Gasteiger partial charge in [-0.3, -0.25) is 9.78 Å². The van der Waals surface area contributed by atoms with Crippen LogP contribution in [0, 0.1) is 17.8 Å². The molecule has 0 saturated heterocycles. The molecule has 0 aromatic carbocycles. The van der Waals surface area contributed by atoms with E-state index in [2.05, 4.69) is 24.1 Å². The highest BCUT2D eigenvalue weighted by Crippen LogP contribution is 2.37. The number of amides is 1. The summed E-state index contributed by atoms with van der Waals surface area (Å²) in [6.07, 6.45) is 6.13. The lowest BCUT2D eigenvalue weighted by Crippen LogP contribution is -2.40. The second-order valence-corrected chi connectivity index (χ2v) is 6.52. The van der Waals surface area contributed by atoms with Crippen LogP contribution in [0.15, 0.2) is 36.4 Å². The predicted octanol–water partition coefficient (Wildman–Crippen LogP) is 2.96. The maximum Gasteiger partial charge on any atom is 0.290 e. The first kappa shape index (κ1) is 19.4. The number of hydrogen-bond donors (Lipinski definition) is 2. The van der Waals surface area contributed by atoms with Gasteiger partial charge in [0.25, 0.3) is 5.91 Å². The highest BCUT2D eigenvalue weighted by atomic mass is 16.7. The minimum absolute atomic E-state index is 0.113. The van der Waals surface area contributed by atoms with Crippen molar-refractivity contribution in [2.24, 2.45) is 17.8 Å². The van der Waals surface area contributed by atoms with Crippen LogP contribution >= 0.6 is 0 Å². The number of pyridine rings is 1. The first-order chi connectivity index (χ1) is 12.1. The molecule has 2 heterocycles. The Bertz CT molecular complexity index is 574. The Balaban J connectivity index is 2.20. The summed E-state index contributed by atoms with van der Waals surface area (Å²) in [5, 5.41) is 12.0. The molecule has 25 heavy (non-hydrogen) atoms. The molecule has 0 bridgehead atoms. The molecule has 6 nitrogen and oxygen atoms in total. The van der Waals surface area contributed by atoms with Gasteiger partial charge >= 0.3 is 0 Å². The molecule has 1 amide bonds. The molecule has 0 unspecified atom stereocenters. The van der Waals surface area contributed by atoms with Crippen molar-refractivity contribution in [2.45, 2.75) is 39.9 Å². The molecule has 0 fully saturated rings. The van der Waals surface area contributed by atoms with Gasteiger partial charge in [0, 0.05) is 25.3 Å². The van der Waals surface area contributed by atoms with Crippen LogP contribution in [0.5, 0.6) is 0 Å². The van der Waals surface area contributed by atoms with Gasteiger partial charge in [-0.1, -0.05) is 13.8 Å². The third-order valence-electron chi connectivity index (χ3n) is 4.37. The van der Waals surface area contributed by atoms with Gasteiger partial charge in [-0.2, -0.15) is 0 Å². The van der Waals surface area contributed by atoms with E-state index < -0.39 is 6.29 Å². The first-order valence-electron chi connectivity index (χ1n) is 8.89. The fourth-order valence-corrected chi connectivity index (χ4v) is 3.15. The van der Waals surface area contributed by atoms with E-state index in [9.17, 15) is 9.90 Å². The maximum absolute atomic E-state index is 12.6. The zero-order valence-corrected chi connectivity index (χ0v) is 15.1. The molecule has 1 aliphatic heterocycles. The fraction of sp³-hybridized carbons (Fsp3) is 0.579. The fourth-order valence-electron chi connectivity index (χ4n) is 3.15. The smallest absolute Gasteiger partial charge is 0.290 e. The second kappa shape index (κ2) is 9.53. The number of carbonyl (C=O) groups excluding carboxylic acids is 1. The van der Waals surface area contributed by atoms with E-state index >= 15 is 0 Å². The Morgan fingerprint density at radius 3 is 2.88 bits per heavy atom. The van der Waals surface area contributed by atoms with E-state index in [1.807, 2.05) is 13.0 Å². The molecule has 1 aromatic rings. The van der Waals surface area contributed by atoms with E-state index in [0.29, 0.717) is 24.6 Å². The third kappa shape index (κ3) is 5.28. The lowest BCUT2D eigenvalue weighted by atomic mass is 9.78. The van der Waals surface area contributed by atoms with Crippen LogP contribution in [-0.4, -0.2) is 35.5 Å². The molecule has 138 valence electrons. The lowest BCUT2D eigenvalue weighted by Gasteiger charge is -2.38. The standard InChI is InChI=1S/C19H28N2O4/c1-4-24-19-15(8-6-10-22)16(13(2)3)11-17(25-19)18(23)21-14-7-5-9-20-12-14/h5,7,9,11-13,15-16,19,22H,4,6,8,10H2,1-3H3,(H,21,23)/t15-,16-,19-/m0/s1. The Morgan fingerprint density at radius 1 is 1.48 bits per heavy atom. The number of aliphatic hydroxyl groups excluding tert-OH is 1. The second-order valence-electron chi connectivity index (χ2n) is 6.52. The largest absolute Gasteiger partial charge is 0.459 e. The number of aliphatic hydroxyl groups is 1. The molecule has 3 atom stereocenters. The minimum atomic E-state index is -0.483. The molecule has 2 rings (SSSR count). The predicted molar refractivity (Wildman–Crippen MR) is 95.6 cm³/mol. The van der Waals surface area contributed by atoms with E-state index in [1.54, 1.807) is 24.5 Å². The average Bonchev–Trinajstić information content (AvgIpc) is 2.61. The number of rotatable bonds is 8. The van der Waals surface area contributed by atoms with Gasteiger partial charge < -0.3 is 19.9 Å². The molecule has 0 radical (unpaired) electrons. The van der Waals surface area contributed by atoms with Crippen molar-refractivity contribution in [3.8, 4) is 0 Å². The van der Waals surface area contributed by atoms with Crippen molar-refractivity contribution in [3.05, 3.63) is 36.4 Å². The Morgan fingerprint density at radius 2 is 2.28 bits per heavy atom. The van der Waals surface area contributed by atoms with Crippen LogP contribution in [0.1, 0.15) is 33.6 Å². The summed E-state index contributed by atoms with van der Waals surface area (Å²) in [5.74, 6) is 0.565. The third-order valence-corrected chi connectivity index (χ3v) is 4.37. The molecule has 0 saturated carbocycles. The van der Waals surface area contributed by atoms with Crippen LogP contribution < -0.4 is 5.32 Å². The maximum atomic E-state index is 12.6. The van der Waals surface area contributed by atoms with E-state index in [-0.39, 0.29) is 30.1 Å². The number of nitrogens with zero attached hydrogens (tertiary/aromatic N) is 1. The number of carbonyl (C=O) groups is 1.